The third-order valence-corrected chi connectivity index (χ3v) is 5.29. The lowest BCUT2D eigenvalue weighted by Crippen LogP contribution is -2.26. The van der Waals surface area contributed by atoms with E-state index >= 15 is 0 Å². The SMILES string of the molecule is Nc1nc(-c2nn(CCc3ccccc3F)c3ncc(F)cc23)ncc1C(=O)NC1CC1. The van der Waals surface area contributed by atoms with Gasteiger partial charge in [-0.15, -0.1) is 0 Å². The summed E-state index contributed by atoms with van der Waals surface area (Å²) in [6.07, 6.45) is 4.68. The quantitative estimate of drug-likeness (QED) is 0.482. The maximum Gasteiger partial charge on any atom is 0.256 e. The molecule has 1 aliphatic carbocycles. The Hall–Kier alpha value is -3.95. The summed E-state index contributed by atoms with van der Waals surface area (Å²) in [6.45, 7) is 0.313. The van der Waals surface area contributed by atoms with Gasteiger partial charge < -0.3 is 11.1 Å². The van der Waals surface area contributed by atoms with Crippen LogP contribution in [0.15, 0.2) is 42.7 Å². The van der Waals surface area contributed by atoms with Gasteiger partial charge in [0.15, 0.2) is 11.5 Å². The molecule has 0 bridgehead atoms. The van der Waals surface area contributed by atoms with E-state index in [2.05, 4.69) is 25.4 Å². The molecule has 1 aliphatic rings. The van der Waals surface area contributed by atoms with E-state index in [9.17, 15) is 13.6 Å². The van der Waals surface area contributed by atoms with Crippen molar-refractivity contribution >= 4 is 22.8 Å². The van der Waals surface area contributed by atoms with Crippen LogP contribution in [0.4, 0.5) is 14.6 Å². The predicted octanol–water partition coefficient (Wildman–Crippen LogP) is 2.88. The van der Waals surface area contributed by atoms with E-state index in [4.69, 9.17) is 5.73 Å². The molecule has 1 amide bonds. The lowest BCUT2D eigenvalue weighted by Gasteiger charge is -2.06. The molecule has 0 unspecified atom stereocenters. The smallest absolute Gasteiger partial charge is 0.256 e. The van der Waals surface area contributed by atoms with E-state index in [-0.39, 0.29) is 40.7 Å². The Morgan fingerprint density at radius 1 is 1.19 bits per heavy atom. The number of fused-ring (bicyclic) bond motifs is 1. The fraction of sp³-hybridized carbons (Fsp3) is 0.227. The zero-order valence-electron chi connectivity index (χ0n) is 16.9. The number of hydrogen-bond acceptors (Lipinski definition) is 6. The summed E-state index contributed by atoms with van der Waals surface area (Å²) in [7, 11) is 0. The number of aromatic nitrogens is 5. The number of hydrogen-bond donors (Lipinski definition) is 2. The van der Waals surface area contributed by atoms with Crippen LogP contribution >= 0.6 is 0 Å². The Labute approximate surface area is 181 Å². The number of carbonyl (C=O) groups is 1. The number of benzene rings is 1. The van der Waals surface area contributed by atoms with E-state index < -0.39 is 5.82 Å². The van der Waals surface area contributed by atoms with E-state index in [0.29, 0.717) is 29.6 Å². The van der Waals surface area contributed by atoms with E-state index in [1.54, 1.807) is 22.9 Å². The monoisotopic (exact) mass is 435 g/mol. The number of aryl methyl sites for hydroxylation is 2. The number of halogens is 2. The number of rotatable bonds is 6. The maximum absolute atomic E-state index is 14.0. The molecular weight excluding hydrogens is 416 g/mol. The Morgan fingerprint density at radius 3 is 2.75 bits per heavy atom. The van der Waals surface area contributed by atoms with Crippen molar-refractivity contribution in [1.29, 1.82) is 0 Å². The third-order valence-electron chi connectivity index (χ3n) is 5.29. The highest BCUT2D eigenvalue weighted by atomic mass is 19.1. The zero-order valence-corrected chi connectivity index (χ0v) is 16.9. The number of nitrogens with zero attached hydrogens (tertiary/aromatic N) is 5. The van der Waals surface area contributed by atoms with Crippen LogP contribution in [0.3, 0.4) is 0 Å². The van der Waals surface area contributed by atoms with Gasteiger partial charge in [-0.3, -0.25) is 4.79 Å². The average Bonchev–Trinajstić information content (AvgIpc) is 3.52. The first kappa shape index (κ1) is 20.0. The third kappa shape index (κ3) is 3.86. The number of anilines is 1. The molecular formula is C22H19F2N7O. The molecule has 3 N–H and O–H groups in total. The summed E-state index contributed by atoms with van der Waals surface area (Å²) in [4.78, 5) is 24.9. The van der Waals surface area contributed by atoms with Gasteiger partial charge >= 0.3 is 0 Å². The highest BCUT2D eigenvalue weighted by Crippen LogP contribution is 2.27. The van der Waals surface area contributed by atoms with Crippen molar-refractivity contribution in [2.45, 2.75) is 31.8 Å². The van der Waals surface area contributed by atoms with E-state index in [1.807, 2.05) is 0 Å². The number of nitrogen functional groups attached to an aromatic ring is 1. The van der Waals surface area contributed by atoms with Gasteiger partial charge in [-0.2, -0.15) is 5.10 Å². The second kappa shape index (κ2) is 7.95. The largest absolute Gasteiger partial charge is 0.383 e. The first-order valence-electron chi connectivity index (χ1n) is 10.2. The van der Waals surface area contributed by atoms with Crippen molar-refractivity contribution in [3.63, 3.8) is 0 Å². The van der Waals surface area contributed by atoms with Crippen molar-refractivity contribution < 1.29 is 13.6 Å². The van der Waals surface area contributed by atoms with Gasteiger partial charge in [0.1, 0.15) is 23.1 Å². The van der Waals surface area contributed by atoms with Crippen molar-refractivity contribution in [3.05, 3.63) is 65.5 Å². The van der Waals surface area contributed by atoms with Gasteiger partial charge in [-0.1, -0.05) is 18.2 Å². The fourth-order valence-corrected chi connectivity index (χ4v) is 3.46. The first-order valence-corrected chi connectivity index (χ1v) is 10.2. The molecule has 0 spiro atoms. The van der Waals surface area contributed by atoms with Crippen LogP contribution < -0.4 is 11.1 Å². The second-order valence-electron chi connectivity index (χ2n) is 7.68. The van der Waals surface area contributed by atoms with Crippen LogP contribution in [-0.2, 0) is 13.0 Å². The molecule has 1 saturated carbocycles. The summed E-state index contributed by atoms with van der Waals surface area (Å²) in [5.74, 6) is -1.02. The number of carbonyl (C=O) groups excluding carboxylic acids is 1. The highest BCUT2D eigenvalue weighted by molar-refractivity contribution is 5.99. The van der Waals surface area contributed by atoms with Gasteiger partial charge in [-0.05, 0) is 37.0 Å². The van der Waals surface area contributed by atoms with Crippen LogP contribution in [-0.4, -0.2) is 36.7 Å². The Morgan fingerprint density at radius 2 is 2.00 bits per heavy atom. The molecule has 162 valence electrons. The summed E-state index contributed by atoms with van der Waals surface area (Å²) >= 11 is 0. The van der Waals surface area contributed by atoms with Crippen LogP contribution in [0.5, 0.6) is 0 Å². The standard InChI is InChI=1S/C22H19F2N7O/c23-13-9-15-18(20-26-11-16(19(25)29-20)22(32)28-14-5-6-14)30-31(21(15)27-10-13)8-7-12-3-1-2-4-17(12)24/h1-4,9-11,14H,5-8H2,(H,28,32)(H2,25,26,29). The van der Waals surface area contributed by atoms with Crippen LogP contribution in [0, 0.1) is 11.6 Å². The van der Waals surface area contributed by atoms with Gasteiger partial charge in [-0.25, -0.2) is 28.4 Å². The second-order valence-corrected chi connectivity index (χ2v) is 7.68. The van der Waals surface area contributed by atoms with Crippen LogP contribution in [0.25, 0.3) is 22.6 Å². The van der Waals surface area contributed by atoms with Gasteiger partial charge in [0.25, 0.3) is 5.91 Å². The van der Waals surface area contributed by atoms with Crippen LogP contribution in [0.1, 0.15) is 28.8 Å². The molecule has 0 saturated heterocycles. The van der Waals surface area contributed by atoms with Crippen molar-refractivity contribution in [2.75, 3.05) is 5.73 Å². The Balaban J connectivity index is 1.49. The molecule has 3 heterocycles. The first-order chi connectivity index (χ1) is 15.5. The minimum atomic E-state index is -0.541. The normalized spacial score (nSPS) is 13.4. The van der Waals surface area contributed by atoms with Crippen molar-refractivity contribution in [2.24, 2.45) is 0 Å². The Bertz CT molecular complexity index is 1330. The molecule has 1 fully saturated rings. The molecule has 1 aromatic carbocycles. The van der Waals surface area contributed by atoms with Crippen molar-refractivity contribution in [1.82, 2.24) is 30.0 Å². The minimum Gasteiger partial charge on any atom is -0.383 e. The molecule has 0 radical (unpaired) electrons. The number of amides is 1. The van der Waals surface area contributed by atoms with Gasteiger partial charge in [0, 0.05) is 18.8 Å². The van der Waals surface area contributed by atoms with Crippen molar-refractivity contribution in [3.8, 4) is 11.5 Å². The number of nitrogens with one attached hydrogen (secondary N) is 1. The van der Waals surface area contributed by atoms with E-state index in [1.165, 1.54) is 18.3 Å². The minimum absolute atomic E-state index is 0.00608. The lowest BCUT2D eigenvalue weighted by molar-refractivity contribution is 0.0951. The molecule has 4 aromatic rings. The molecule has 0 aliphatic heterocycles. The summed E-state index contributed by atoms with van der Waals surface area (Å²) in [5, 5.41) is 7.74. The highest BCUT2D eigenvalue weighted by Gasteiger charge is 2.26. The molecule has 32 heavy (non-hydrogen) atoms. The predicted molar refractivity (Wildman–Crippen MR) is 114 cm³/mol. The maximum atomic E-state index is 14.0. The molecule has 10 heteroatoms. The summed E-state index contributed by atoms with van der Waals surface area (Å²) in [5.41, 5.74) is 7.41. The average molecular weight is 435 g/mol. The number of pyridine rings is 1. The fourth-order valence-electron chi connectivity index (χ4n) is 3.46. The van der Waals surface area contributed by atoms with E-state index in [0.717, 1.165) is 19.0 Å². The molecule has 5 rings (SSSR count). The molecule has 0 atom stereocenters. The summed E-state index contributed by atoms with van der Waals surface area (Å²) in [6, 6.07) is 7.94. The Kier molecular flexibility index (Phi) is 4.96. The van der Waals surface area contributed by atoms with Gasteiger partial charge in [0.05, 0.1) is 17.1 Å². The zero-order chi connectivity index (χ0) is 22.2. The number of nitrogens with two attached hydrogens (primary N) is 1. The summed E-state index contributed by atoms with van der Waals surface area (Å²) < 4.78 is 29.5. The van der Waals surface area contributed by atoms with Gasteiger partial charge in [0.2, 0.25) is 0 Å². The topological polar surface area (TPSA) is 112 Å². The molecule has 8 nitrogen and oxygen atoms in total. The molecule has 3 aromatic heterocycles. The lowest BCUT2D eigenvalue weighted by atomic mass is 10.1. The van der Waals surface area contributed by atoms with Crippen LogP contribution in [0.2, 0.25) is 0 Å².